The van der Waals surface area contributed by atoms with Crippen LogP contribution in [0.15, 0.2) is 23.1 Å². The monoisotopic (exact) mass is 362 g/mol. The van der Waals surface area contributed by atoms with Gasteiger partial charge in [0.15, 0.2) is 0 Å². The lowest BCUT2D eigenvalue weighted by Gasteiger charge is -2.36. The van der Waals surface area contributed by atoms with Gasteiger partial charge in [-0.05, 0) is 18.2 Å². The Bertz CT molecular complexity index is 747. The second-order valence-corrected chi connectivity index (χ2v) is 8.23. The zero-order valence-corrected chi connectivity index (χ0v) is 14.0. The first kappa shape index (κ1) is 16.5. The number of hydrogen-bond acceptors (Lipinski definition) is 4. The molecule has 0 saturated carbocycles. The highest BCUT2D eigenvalue weighted by molar-refractivity contribution is 7.89. The number of nitrogens with zero attached hydrogens (tertiary/aromatic N) is 2. The number of amides is 1. The van der Waals surface area contributed by atoms with Crippen molar-refractivity contribution in [3.63, 3.8) is 0 Å². The van der Waals surface area contributed by atoms with Gasteiger partial charge in [0.25, 0.3) is 0 Å². The minimum absolute atomic E-state index is 0.0413. The number of likely N-dealkylation sites (N-methyl/N-ethyl adjacent to an activating group) is 1. The van der Waals surface area contributed by atoms with Gasteiger partial charge in [0, 0.05) is 33.0 Å². The van der Waals surface area contributed by atoms with Crippen LogP contribution in [-0.4, -0.2) is 56.0 Å². The van der Waals surface area contributed by atoms with Gasteiger partial charge < -0.3 is 9.64 Å². The summed E-state index contributed by atoms with van der Waals surface area (Å²) in [5, 5.41) is -0.231. The molecular weight excluding hydrogens is 347 g/mol. The van der Waals surface area contributed by atoms with Crippen molar-refractivity contribution in [2.45, 2.75) is 23.3 Å². The molecule has 0 radical (unpaired) electrons. The van der Waals surface area contributed by atoms with E-state index in [1.807, 2.05) is 0 Å². The number of hydrogen-bond donors (Lipinski definition) is 0. The number of ether oxygens (including phenoxy) is 1. The van der Waals surface area contributed by atoms with E-state index >= 15 is 0 Å². The molecule has 0 aromatic heterocycles. The van der Waals surface area contributed by atoms with Gasteiger partial charge in [0.2, 0.25) is 10.0 Å². The molecule has 0 aliphatic carbocycles. The van der Waals surface area contributed by atoms with Crippen LogP contribution in [0.3, 0.4) is 0 Å². The van der Waals surface area contributed by atoms with Gasteiger partial charge in [-0.25, -0.2) is 17.6 Å². The maximum Gasteiger partial charge on any atom is 0.410 e. The molecule has 3 rings (SSSR count). The zero-order valence-electron chi connectivity index (χ0n) is 12.5. The highest BCUT2D eigenvalue weighted by Gasteiger charge is 2.47. The van der Waals surface area contributed by atoms with E-state index in [0.717, 1.165) is 12.1 Å². The van der Waals surface area contributed by atoms with E-state index in [0.29, 0.717) is 19.4 Å². The smallest absolute Gasteiger partial charge is 0.410 e. The average molecular weight is 363 g/mol. The van der Waals surface area contributed by atoms with Crippen LogP contribution in [0.25, 0.3) is 0 Å². The lowest BCUT2D eigenvalue weighted by molar-refractivity contribution is 0.0172. The molecule has 6 nitrogen and oxygen atoms in total. The molecule has 1 aromatic carbocycles. The Kier molecular flexibility index (Phi) is 4.02. The molecule has 126 valence electrons. The van der Waals surface area contributed by atoms with E-state index in [1.165, 1.54) is 15.3 Å². The fourth-order valence-electron chi connectivity index (χ4n) is 2.97. The van der Waals surface area contributed by atoms with Gasteiger partial charge in [-0.15, -0.1) is 0 Å². The summed E-state index contributed by atoms with van der Waals surface area (Å²) in [5.41, 5.74) is -0.613. The predicted molar refractivity (Wildman–Crippen MR) is 81.2 cm³/mol. The third kappa shape index (κ3) is 2.90. The van der Waals surface area contributed by atoms with Crippen LogP contribution < -0.4 is 0 Å². The van der Waals surface area contributed by atoms with E-state index in [2.05, 4.69) is 0 Å². The average Bonchev–Trinajstić information content (AvgIpc) is 2.76. The molecule has 0 atom stereocenters. The lowest BCUT2D eigenvalue weighted by atomic mass is 9.92. The van der Waals surface area contributed by atoms with Crippen molar-refractivity contribution in [1.82, 2.24) is 9.21 Å². The summed E-state index contributed by atoms with van der Waals surface area (Å²) in [6.45, 7) is 0.930. The largest absolute Gasteiger partial charge is 0.441 e. The highest BCUT2D eigenvalue weighted by Crippen LogP contribution is 2.34. The fourth-order valence-corrected chi connectivity index (χ4v) is 4.69. The predicted octanol–water partition coefficient (Wildman–Crippen LogP) is 2.08. The Morgan fingerprint density at radius 1 is 1.30 bits per heavy atom. The minimum atomic E-state index is -3.75. The molecule has 1 aromatic rings. The quantitative estimate of drug-likeness (QED) is 0.808. The van der Waals surface area contributed by atoms with Gasteiger partial charge in [0.1, 0.15) is 11.4 Å². The van der Waals surface area contributed by atoms with Crippen LogP contribution in [0.4, 0.5) is 9.18 Å². The van der Waals surface area contributed by atoms with E-state index in [4.69, 9.17) is 16.3 Å². The summed E-state index contributed by atoms with van der Waals surface area (Å²) in [4.78, 5) is 13.0. The first-order valence-electron chi connectivity index (χ1n) is 7.13. The lowest BCUT2D eigenvalue weighted by Crippen LogP contribution is -2.48. The molecular formula is C14H16ClFN2O4S. The third-order valence-corrected chi connectivity index (χ3v) is 6.49. The van der Waals surface area contributed by atoms with E-state index in [9.17, 15) is 17.6 Å². The van der Waals surface area contributed by atoms with Crippen LogP contribution >= 0.6 is 11.6 Å². The molecule has 2 aliphatic heterocycles. The molecule has 1 spiro atoms. The molecule has 0 N–H and O–H groups in total. The van der Waals surface area contributed by atoms with E-state index in [-0.39, 0.29) is 29.1 Å². The molecule has 1 amide bonds. The maximum absolute atomic E-state index is 13.2. The van der Waals surface area contributed by atoms with Crippen molar-refractivity contribution < 1.29 is 22.3 Å². The number of carbonyl (C=O) groups is 1. The second kappa shape index (κ2) is 5.61. The molecule has 2 saturated heterocycles. The number of rotatable bonds is 2. The minimum Gasteiger partial charge on any atom is -0.441 e. The van der Waals surface area contributed by atoms with Gasteiger partial charge in [-0.1, -0.05) is 11.6 Å². The molecule has 0 unspecified atom stereocenters. The number of benzene rings is 1. The Labute approximate surface area is 138 Å². The normalized spacial score (nSPS) is 21.7. The third-order valence-electron chi connectivity index (χ3n) is 4.30. The van der Waals surface area contributed by atoms with E-state index < -0.39 is 21.4 Å². The molecule has 0 bridgehead atoms. The molecule has 23 heavy (non-hydrogen) atoms. The van der Waals surface area contributed by atoms with Crippen molar-refractivity contribution in [3.05, 3.63) is 29.0 Å². The SMILES string of the molecule is CN1CC2(CCN(S(=O)(=O)c3ccc(F)c(Cl)c3)CC2)OC1=O. The topological polar surface area (TPSA) is 66.9 Å². The Morgan fingerprint density at radius 3 is 2.48 bits per heavy atom. The molecule has 2 aliphatic rings. The summed E-state index contributed by atoms with van der Waals surface area (Å²) >= 11 is 5.67. The van der Waals surface area contributed by atoms with E-state index in [1.54, 1.807) is 7.05 Å². The zero-order chi connectivity index (χ0) is 16.8. The van der Waals surface area contributed by atoms with Crippen LogP contribution in [0.5, 0.6) is 0 Å². The van der Waals surface area contributed by atoms with Crippen molar-refractivity contribution >= 4 is 27.7 Å². The summed E-state index contributed by atoms with van der Waals surface area (Å²) < 4.78 is 45.1. The summed E-state index contributed by atoms with van der Waals surface area (Å²) in [6.07, 6.45) is 0.473. The molecule has 2 fully saturated rings. The molecule has 9 heteroatoms. The summed E-state index contributed by atoms with van der Waals surface area (Å²) in [6, 6.07) is 3.35. The standard InChI is InChI=1S/C14H16ClFN2O4S/c1-17-9-14(22-13(17)19)4-6-18(7-5-14)23(20,21)10-2-3-12(16)11(15)8-10/h2-3,8H,4-7,9H2,1H3. The van der Waals surface area contributed by atoms with Gasteiger partial charge in [-0.3, -0.25) is 0 Å². The first-order valence-corrected chi connectivity index (χ1v) is 8.95. The Morgan fingerprint density at radius 2 is 1.96 bits per heavy atom. The number of carbonyl (C=O) groups excluding carboxylic acids is 1. The number of halogens is 2. The fraction of sp³-hybridized carbons (Fsp3) is 0.500. The first-order chi connectivity index (χ1) is 10.7. The Hall–Kier alpha value is -1.38. The van der Waals surface area contributed by atoms with Gasteiger partial charge in [-0.2, -0.15) is 4.31 Å². The van der Waals surface area contributed by atoms with Crippen molar-refractivity contribution in [1.29, 1.82) is 0 Å². The van der Waals surface area contributed by atoms with Crippen molar-refractivity contribution in [2.75, 3.05) is 26.7 Å². The molecule has 2 heterocycles. The van der Waals surface area contributed by atoms with Crippen LogP contribution in [0, 0.1) is 5.82 Å². The van der Waals surface area contributed by atoms with Crippen molar-refractivity contribution in [2.24, 2.45) is 0 Å². The summed E-state index contributed by atoms with van der Waals surface area (Å²) in [5.74, 6) is -0.663. The van der Waals surface area contributed by atoms with Crippen molar-refractivity contribution in [3.8, 4) is 0 Å². The maximum atomic E-state index is 13.2. The summed E-state index contributed by atoms with van der Waals surface area (Å²) in [7, 11) is -2.09. The second-order valence-electron chi connectivity index (χ2n) is 5.89. The number of sulfonamides is 1. The van der Waals surface area contributed by atoms with Crippen LogP contribution in [-0.2, 0) is 14.8 Å². The van der Waals surface area contributed by atoms with Gasteiger partial charge in [0.05, 0.1) is 16.5 Å². The van der Waals surface area contributed by atoms with Crippen LogP contribution in [0.1, 0.15) is 12.8 Å². The Balaban J connectivity index is 1.76. The van der Waals surface area contributed by atoms with Crippen LogP contribution in [0.2, 0.25) is 5.02 Å². The number of piperidine rings is 1. The van der Waals surface area contributed by atoms with Gasteiger partial charge >= 0.3 is 6.09 Å². The highest BCUT2D eigenvalue weighted by atomic mass is 35.5.